The van der Waals surface area contributed by atoms with E-state index in [9.17, 15) is 9.59 Å². The molecular formula is C28H27NO4. The van der Waals surface area contributed by atoms with E-state index in [-0.39, 0.29) is 12.4 Å². The summed E-state index contributed by atoms with van der Waals surface area (Å²) < 4.78 is 7.54. The molecule has 0 amide bonds. The fourth-order valence-corrected chi connectivity index (χ4v) is 3.99. The molecule has 33 heavy (non-hydrogen) atoms. The SMILES string of the molecule is Cc1ccc(C(=O)c2c(C)n(Cc3ccc(CO[C@H](C)C(=O)O)cc3)c3ccccc23)cc1. The van der Waals surface area contributed by atoms with Crippen LogP contribution in [0.4, 0.5) is 0 Å². The van der Waals surface area contributed by atoms with Crippen LogP contribution in [0.1, 0.15) is 45.2 Å². The average Bonchev–Trinajstić information content (AvgIpc) is 3.09. The number of ether oxygens (including phenoxy) is 1. The molecule has 5 heteroatoms. The second kappa shape index (κ2) is 9.43. The highest BCUT2D eigenvalue weighted by Crippen LogP contribution is 2.29. The Hall–Kier alpha value is -3.70. The molecule has 0 radical (unpaired) electrons. The number of carbonyl (C=O) groups is 2. The molecule has 0 unspecified atom stereocenters. The lowest BCUT2D eigenvalue weighted by molar-refractivity contribution is -0.149. The molecule has 0 bridgehead atoms. The lowest BCUT2D eigenvalue weighted by Crippen LogP contribution is -2.19. The van der Waals surface area contributed by atoms with Crippen LogP contribution in [0.3, 0.4) is 0 Å². The summed E-state index contributed by atoms with van der Waals surface area (Å²) in [7, 11) is 0. The first-order chi connectivity index (χ1) is 15.8. The van der Waals surface area contributed by atoms with E-state index in [0.717, 1.165) is 38.9 Å². The molecule has 168 valence electrons. The molecule has 3 aromatic carbocycles. The Labute approximate surface area is 193 Å². The van der Waals surface area contributed by atoms with Gasteiger partial charge in [0.1, 0.15) is 0 Å². The maximum atomic E-state index is 13.4. The quantitative estimate of drug-likeness (QED) is 0.365. The Morgan fingerprint density at radius 3 is 2.21 bits per heavy atom. The van der Waals surface area contributed by atoms with E-state index in [1.807, 2.05) is 86.6 Å². The number of hydrogen-bond donors (Lipinski definition) is 1. The molecule has 1 N–H and O–H groups in total. The van der Waals surface area contributed by atoms with Gasteiger partial charge in [-0.15, -0.1) is 0 Å². The largest absolute Gasteiger partial charge is 0.479 e. The summed E-state index contributed by atoms with van der Waals surface area (Å²) in [6.45, 7) is 6.40. The molecule has 1 atom stereocenters. The third-order valence-electron chi connectivity index (χ3n) is 5.98. The smallest absolute Gasteiger partial charge is 0.332 e. The summed E-state index contributed by atoms with van der Waals surface area (Å²) in [5.41, 5.74) is 6.50. The molecule has 4 aromatic rings. The van der Waals surface area contributed by atoms with Gasteiger partial charge in [-0.2, -0.15) is 0 Å². The Balaban J connectivity index is 1.62. The van der Waals surface area contributed by atoms with Gasteiger partial charge in [-0.25, -0.2) is 4.79 Å². The van der Waals surface area contributed by atoms with Crippen LogP contribution in [0.2, 0.25) is 0 Å². The monoisotopic (exact) mass is 441 g/mol. The Morgan fingerprint density at radius 2 is 1.55 bits per heavy atom. The van der Waals surface area contributed by atoms with Gasteiger partial charge in [0.25, 0.3) is 0 Å². The lowest BCUT2D eigenvalue weighted by Gasteiger charge is -2.11. The molecule has 4 rings (SSSR count). The van der Waals surface area contributed by atoms with Crippen LogP contribution in [0, 0.1) is 13.8 Å². The second-order valence-corrected chi connectivity index (χ2v) is 8.37. The van der Waals surface area contributed by atoms with Gasteiger partial charge in [-0.1, -0.05) is 72.3 Å². The highest BCUT2D eigenvalue weighted by Gasteiger charge is 2.21. The molecule has 0 saturated heterocycles. The zero-order chi connectivity index (χ0) is 23.5. The van der Waals surface area contributed by atoms with Crippen molar-refractivity contribution < 1.29 is 19.4 Å². The van der Waals surface area contributed by atoms with Gasteiger partial charge in [0.15, 0.2) is 11.9 Å². The molecule has 0 spiro atoms. The standard InChI is InChI=1S/C28H27NO4/c1-18-8-14-23(15-9-18)27(30)26-19(2)29(25-7-5-4-6-24(25)26)16-21-10-12-22(13-11-21)17-33-20(3)28(31)32/h4-15,20H,16-17H2,1-3H3,(H,31,32)/t20-/m1/s1. The number of para-hydroxylation sites is 1. The van der Waals surface area contributed by atoms with E-state index in [1.165, 1.54) is 6.92 Å². The van der Waals surface area contributed by atoms with E-state index in [1.54, 1.807) is 0 Å². The van der Waals surface area contributed by atoms with Crippen LogP contribution in [0.15, 0.2) is 72.8 Å². The van der Waals surface area contributed by atoms with Crippen LogP contribution >= 0.6 is 0 Å². The first-order valence-corrected chi connectivity index (χ1v) is 11.0. The summed E-state index contributed by atoms with van der Waals surface area (Å²) in [5.74, 6) is -0.944. The van der Waals surface area contributed by atoms with Crippen molar-refractivity contribution in [2.45, 2.75) is 40.0 Å². The molecule has 5 nitrogen and oxygen atoms in total. The number of rotatable bonds is 8. The number of hydrogen-bond acceptors (Lipinski definition) is 3. The number of benzene rings is 3. The van der Waals surface area contributed by atoms with E-state index >= 15 is 0 Å². The molecule has 1 heterocycles. The minimum Gasteiger partial charge on any atom is -0.479 e. The summed E-state index contributed by atoms with van der Waals surface area (Å²) in [5, 5.41) is 9.91. The van der Waals surface area contributed by atoms with Crippen molar-refractivity contribution >= 4 is 22.7 Å². The summed E-state index contributed by atoms with van der Waals surface area (Å²) in [4.78, 5) is 24.3. The third kappa shape index (κ3) is 4.73. The van der Waals surface area contributed by atoms with Crippen molar-refractivity contribution in [3.63, 3.8) is 0 Å². The number of ketones is 1. The predicted octanol–water partition coefficient (Wildman–Crippen LogP) is 5.53. The second-order valence-electron chi connectivity index (χ2n) is 8.37. The van der Waals surface area contributed by atoms with Gasteiger partial charge in [0, 0.05) is 28.7 Å². The Kier molecular flexibility index (Phi) is 6.43. The molecule has 1 aromatic heterocycles. The van der Waals surface area contributed by atoms with Gasteiger partial charge < -0.3 is 14.4 Å². The van der Waals surface area contributed by atoms with Crippen molar-refractivity contribution in [2.24, 2.45) is 0 Å². The van der Waals surface area contributed by atoms with E-state index in [2.05, 4.69) is 4.57 Å². The number of aliphatic carboxylic acids is 1. The molecule has 0 saturated carbocycles. The number of aromatic nitrogens is 1. The zero-order valence-corrected chi connectivity index (χ0v) is 19.0. The van der Waals surface area contributed by atoms with Gasteiger partial charge in [-0.3, -0.25) is 4.79 Å². The van der Waals surface area contributed by atoms with Gasteiger partial charge >= 0.3 is 5.97 Å². The third-order valence-corrected chi connectivity index (χ3v) is 5.98. The topological polar surface area (TPSA) is 68.5 Å². The van der Waals surface area contributed by atoms with Gasteiger partial charge in [0.05, 0.1) is 12.2 Å². The predicted molar refractivity (Wildman–Crippen MR) is 129 cm³/mol. The molecule has 0 aliphatic carbocycles. The minimum atomic E-state index is -0.974. The van der Waals surface area contributed by atoms with Crippen molar-refractivity contribution in [1.29, 1.82) is 0 Å². The van der Waals surface area contributed by atoms with Gasteiger partial charge in [0.2, 0.25) is 0 Å². The number of carbonyl (C=O) groups excluding carboxylic acids is 1. The average molecular weight is 442 g/mol. The number of carboxylic acid groups (broad SMARTS) is 1. The van der Waals surface area contributed by atoms with Crippen LogP contribution < -0.4 is 0 Å². The highest BCUT2D eigenvalue weighted by molar-refractivity contribution is 6.17. The summed E-state index contributed by atoms with van der Waals surface area (Å²) >= 11 is 0. The minimum absolute atomic E-state index is 0.0301. The molecule has 0 aliphatic rings. The number of fused-ring (bicyclic) bond motifs is 1. The summed E-state index contributed by atoms with van der Waals surface area (Å²) in [6, 6.07) is 23.6. The lowest BCUT2D eigenvalue weighted by atomic mass is 10.00. The van der Waals surface area contributed by atoms with E-state index in [0.29, 0.717) is 12.1 Å². The van der Waals surface area contributed by atoms with Crippen molar-refractivity contribution in [1.82, 2.24) is 4.57 Å². The van der Waals surface area contributed by atoms with Crippen LogP contribution in [0.25, 0.3) is 10.9 Å². The number of aryl methyl sites for hydroxylation is 1. The fraction of sp³-hybridized carbons (Fsp3) is 0.214. The normalized spacial score (nSPS) is 12.1. The summed E-state index contributed by atoms with van der Waals surface area (Å²) in [6.07, 6.45) is -0.844. The molecule has 0 fully saturated rings. The van der Waals surface area contributed by atoms with Gasteiger partial charge in [-0.05, 0) is 38.0 Å². The van der Waals surface area contributed by atoms with Crippen LogP contribution in [-0.4, -0.2) is 27.5 Å². The van der Waals surface area contributed by atoms with E-state index < -0.39 is 12.1 Å². The fourth-order valence-electron chi connectivity index (χ4n) is 3.99. The maximum Gasteiger partial charge on any atom is 0.332 e. The van der Waals surface area contributed by atoms with Crippen molar-refractivity contribution in [3.8, 4) is 0 Å². The van der Waals surface area contributed by atoms with Crippen LogP contribution in [0.5, 0.6) is 0 Å². The molecule has 0 aliphatic heterocycles. The number of nitrogens with zero attached hydrogens (tertiary/aromatic N) is 1. The Morgan fingerprint density at radius 1 is 0.909 bits per heavy atom. The maximum absolute atomic E-state index is 13.4. The van der Waals surface area contributed by atoms with Crippen molar-refractivity contribution in [3.05, 3.63) is 106 Å². The zero-order valence-electron chi connectivity index (χ0n) is 19.0. The van der Waals surface area contributed by atoms with E-state index in [4.69, 9.17) is 9.84 Å². The van der Waals surface area contributed by atoms with Crippen LogP contribution in [-0.2, 0) is 22.7 Å². The van der Waals surface area contributed by atoms with Crippen molar-refractivity contribution in [2.75, 3.05) is 0 Å². The Bertz CT molecular complexity index is 1300. The first kappa shape index (κ1) is 22.5. The first-order valence-electron chi connectivity index (χ1n) is 11.0. The molecular weight excluding hydrogens is 414 g/mol. The number of carboxylic acids is 1. The highest BCUT2D eigenvalue weighted by atomic mass is 16.5.